The molecule has 1 saturated carbocycles. The molecule has 2 aliphatic rings. The predicted octanol–water partition coefficient (Wildman–Crippen LogP) is 5.91. The molecule has 0 radical (unpaired) electrons. The molecule has 2 amide bonds. The van der Waals surface area contributed by atoms with E-state index in [1.807, 2.05) is 30.0 Å². The van der Waals surface area contributed by atoms with Crippen LogP contribution in [-0.4, -0.2) is 47.9 Å². The fourth-order valence-electron chi connectivity index (χ4n) is 4.62. The van der Waals surface area contributed by atoms with Crippen molar-refractivity contribution in [3.63, 3.8) is 0 Å². The van der Waals surface area contributed by atoms with E-state index in [0.29, 0.717) is 41.9 Å². The summed E-state index contributed by atoms with van der Waals surface area (Å²) in [6.07, 6.45) is 2.89. The minimum Gasteiger partial charge on any atom is -0.491 e. The SMILES string of the molecule is Cc1cc(OC[C@@H]2c3ccsc3CCN2C(=O)CN(CC2CC2)C(=O)c2ccc(F)cc2)ccc1Cl. The number of hydrogen-bond donors (Lipinski definition) is 0. The highest BCUT2D eigenvalue weighted by atomic mass is 35.5. The lowest BCUT2D eigenvalue weighted by Crippen LogP contribution is -2.48. The number of hydrogen-bond acceptors (Lipinski definition) is 4. The highest BCUT2D eigenvalue weighted by Crippen LogP contribution is 2.35. The Morgan fingerprint density at radius 2 is 1.94 bits per heavy atom. The largest absolute Gasteiger partial charge is 0.491 e. The number of fused-ring (bicyclic) bond motifs is 1. The summed E-state index contributed by atoms with van der Waals surface area (Å²) >= 11 is 7.85. The van der Waals surface area contributed by atoms with E-state index >= 15 is 0 Å². The first-order valence-electron chi connectivity index (χ1n) is 12.2. The van der Waals surface area contributed by atoms with Crippen LogP contribution in [0.3, 0.4) is 0 Å². The molecule has 0 unspecified atom stereocenters. The fourth-order valence-corrected chi connectivity index (χ4v) is 5.66. The normalized spacial score (nSPS) is 17.0. The topological polar surface area (TPSA) is 49.9 Å². The van der Waals surface area contributed by atoms with Gasteiger partial charge < -0.3 is 14.5 Å². The number of thiophene rings is 1. The summed E-state index contributed by atoms with van der Waals surface area (Å²) in [6, 6.07) is 12.9. The molecule has 3 aromatic rings. The average molecular weight is 527 g/mol. The number of aryl methyl sites for hydroxylation is 1. The second kappa shape index (κ2) is 10.6. The van der Waals surface area contributed by atoms with Crippen LogP contribution in [0.4, 0.5) is 4.39 Å². The molecule has 1 atom stereocenters. The smallest absolute Gasteiger partial charge is 0.254 e. The second-order valence-corrected chi connectivity index (χ2v) is 10.9. The van der Waals surface area contributed by atoms with Crippen molar-refractivity contribution in [2.45, 2.75) is 32.2 Å². The Hall–Kier alpha value is -2.90. The van der Waals surface area contributed by atoms with Crippen LogP contribution < -0.4 is 4.74 Å². The van der Waals surface area contributed by atoms with Gasteiger partial charge in [0.1, 0.15) is 24.7 Å². The molecule has 36 heavy (non-hydrogen) atoms. The molecule has 1 fully saturated rings. The van der Waals surface area contributed by atoms with E-state index in [9.17, 15) is 14.0 Å². The Morgan fingerprint density at radius 1 is 1.17 bits per heavy atom. The Balaban J connectivity index is 1.34. The van der Waals surface area contributed by atoms with Gasteiger partial charge in [-0.25, -0.2) is 4.39 Å². The monoisotopic (exact) mass is 526 g/mol. The molecule has 0 N–H and O–H groups in total. The van der Waals surface area contributed by atoms with Crippen molar-refractivity contribution in [1.29, 1.82) is 0 Å². The maximum atomic E-state index is 13.7. The average Bonchev–Trinajstić information content (AvgIpc) is 3.56. The van der Waals surface area contributed by atoms with E-state index in [2.05, 4.69) is 11.4 Å². The van der Waals surface area contributed by atoms with Crippen LogP contribution in [0.25, 0.3) is 0 Å². The zero-order chi connectivity index (χ0) is 25.2. The number of carbonyl (C=O) groups excluding carboxylic acids is 2. The first-order valence-corrected chi connectivity index (χ1v) is 13.4. The summed E-state index contributed by atoms with van der Waals surface area (Å²) in [5.74, 6) is 0.375. The maximum absolute atomic E-state index is 13.7. The van der Waals surface area contributed by atoms with Gasteiger partial charge in [-0.1, -0.05) is 11.6 Å². The Bertz CT molecular complexity index is 1260. The Morgan fingerprint density at radius 3 is 2.67 bits per heavy atom. The second-order valence-electron chi connectivity index (χ2n) is 9.51. The van der Waals surface area contributed by atoms with Crippen molar-refractivity contribution < 1.29 is 18.7 Å². The lowest BCUT2D eigenvalue weighted by molar-refractivity contribution is -0.135. The molecule has 1 aromatic heterocycles. The van der Waals surface area contributed by atoms with Crippen LogP contribution in [0, 0.1) is 18.7 Å². The van der Waals surface area contributed by atoms with Gasteiger partial charge >= 0.3 is 0 Å². The van der Waals surface area contributed by atoms with E-state index in [1.165, 1.54) is 29.1 Å². The minimum atomic E-state index is -0.394. The van der Waals surface area contributed by atoms with Crippen LogP contribution in [0.2, 0.25) is 5.02 Å². The van der Waals surface area contributed by atoms with Crippen LogP contribution in [0.5, 0.6) is 5.75 Å². The molecule has 1 aliphatic carbocycles. The van der Waals surface area contributed by atoms with E-state index in [1.54, 1.807) is 16.2 Å². The molecule has 0 spiro atoms. The van der Waals surface area contributed by atoms with Gasteiger partial charge in [0, 0.05) is 28.6 Å². The summed E-state index contributed by atoms with van der Waals surface area (Å²) < 4.78 is 19.5. The van der Waals surface area contributed by atoms with Crippen LogP contribution in [0.15, 0.2) is 53.9 Å². The van der Waals surface area contributed by atoms with Crippen molar-refractivity contribution in [3.05, 3.63) is 86.3 Å². The number of rotatable bonds is 8. The Labute approximate surface area is 219 Å². The third-order valence-corrected chi connectivity index (χ3v) is 8.25. The molecule has 0 saturated heterocycles. The van der Waals surface area contributed by atoms with E-state index in [-0.39, 0.29) is 24.4 Å². The van der Waals surface area contributed by atoms with Gasteiger partial charge in [0.2, 0.25) is 5.91 Å². The van der Waals surface area contributed by atoms with Gasteiger partial charge in [0.05, 0.1) is 6.04 Å². The van der Waals surface area contributed by atoms with Gasteiger partial charge in [-0.15, -0.1) is 11.3 Å². The lowest BCUT2D eigenvalue weighted by Gasteiger charge is -2.37. The van der Waals surface area contributed by atoms with E-state index < -0.39 is 5.82 Å². The summed E-state index contributed by atoms with van der Waals surface area (Å²) in [4.78, 5) is 31.6. The zero-order valence-electron chi connectivity index (χ0n) is 20.1. The molecular formula is C28H28ClFN2O3S. The highest BCUT2D eigenvalue weighted by molar-refractivity contribution is 7.10. The van der Waals surface area contributed by atoms with Crippen molar-refractivity contribution in [2.24, 2.45) is 5.92 Å². The fraction of sp³-hybridized carbons (Fsp3) is 0.357. The minimum absolute atomic E-state index is 0.0112. The molecule has 5 nitrogen and oxygen atoms in total. The first-order chi connectivity index (χ1) is 17.4. The van der Waals surface area contributed by atoms with Crippen LogP contribution >= 0.6 is 22.9 Å². The number of benzene rings is 2. The number of carbonyl (C=O) groups is 2. The van der Waals surface area contributed by atoms with Gasteiger partial charge in [-0.05, 0) is 97.1 Å². The van der Waals surface area contributed by atoms with Gasteiger partial charge in [-0.2, -0.15) is 0 Å². The van der Waals surface area contributed by atoms with Crippen LogP contribution in [-0.2, 0) is 11.2 Å². The number of halogens is 2. The van der Waals surface area contributed by atoms with E-state index in [4.69, 9.17) is 16.3 Å². The van der Waals surface area contributed by atoms with Crippen molar-refractivity contribution in [1.82, 2.24) is 9.80 Å². The third kappa shape index (κ3) is 5.57. The molecular weight excluding hydrogens is 499 g/mol. The molecule has 1 aliphatic heterocycles. The molecule has 5 rings (SSSR count). The quantitative estimate of drug-likeness (QED) is 0.367. The molecule has 188 valence electrons. The highest BCUT2D eigenvalue weighted by Gasteiger charge is 2.35. The van der Waals surface area contributed by atoms with Gasteiger partial charge in [0.25, 0.3) is 5.91 Å². The maximum Gasteiger partial charge on any atom is 0.254 e. The van der Waals surface area contributed by atoms with Crippen molar-refractivity contribution in [3.8, 4) is 5.75 Å². The number of ether oxygens (including phenoxy) is 1. The summed E-state index contributed by atoms with van der Waals surface area (Å²) in [7, 11) is 0. The van der Waals surface area contributed by atoms with E-state index in [0.717, 1.165) is 30.4 Å². The third-order valence-electron chi connectivity index (χ3n) is 6.83. The molecule has 2 heterocycles. The first kappa shape index (κ1) is 24.8. The zero-order valence-corrected chi connectivity index (χ0v) is 21.7. The van der Waals surface area contributed by atoms with Gasteiger partial charge in [-0.3, -0.25) is 9.59 Å². The summed E-state index contributed by atoms with van der Waals surface area (Å²) in [5.41, 5.74) is 2.42. The molecule has 2 aromatic carbocycles. The number of amides is 2. The van der Waals surface area contributed by atoms with Crippen LogP contribution in [0.1, 0.15) is 45.2 Å². The predicted molar refractivity (Wildman–Crippen MR) is 139 cm³/mol. The lowest BCUT2D eigenvalue weighted by atomic mass is 10.00. The standard InChI is InChI=1S/C28H28ClFN2O3S/c1-18-14-22(8-9-24(18)29)35-17-25-23-11-13-36-26(23)10-12-32(25)27(33)16-31(15-19-2-3-19)28(34)20-4-6-21(30)7-5-20/h4-9,11,13-14,19,25H,2-3,10,12,15-17H2,1H3/t25-/m1/s1. The molecule has 0 bridgehead atoms. The molecule has 8 heteroatoms. The van der Waals surface area contributed by atoms with Crippen molar-refractivity contribution >= 4 is 34.8 Å². The summed E-state index contributed by atoms with van der Waals surface area (Å²) in [6.45, 7) is 3.33. The number of nitrogens with zero attached hydrogens (tertiary/aromatic N) is 2. The van der Waals surface area contributed by atoms with Crippen molar-refractivity contribution in [2.75, 3.05) is 26.2 Å². The van der Waals surface area contributed by atoms with Gasteiger partial charge in [0.15, 0.2) is 0 Å². The Kier molecular flexibility index (Phi) is 7.30. The summed E-state index contributed by atoms with van der Waals surface area (Å²) in [5, 5.41) is 2.73.